The molecule has 2 saturated carbocycles. The third-order valence-corrected chi connectivity index (χ3v) is 3.44. The zero-order valence-electron chi connectivity index (χ0n) is 7.29. The molecule has 3 atom stereocenters. The van der Waals surface area contributed by atoms with Gasteiger partial charge in [0.2, 0.25) is 0 Å². The first-order valence-electron chi connectivity index (χ1n) is 4.54. The Balaban J connectivity index is 2.21. The second kappa shape index (κ2) is 2.43. The van der Waals surface area contributed by atoms with Crippen LogP contribution in [0, 0.1) is 17.3 Å². The van der Waals surface area contributed by atoms with Gasteiger partial charge < -0.3 is 5.11 Å². The van der Waals surface area contributed by atoms with Gasteiger partial charge in [0, 0.05) is 6.42 Å². The maximum absolute atomic E-state index is 11.5. The van der Waals surface area contributed by atoms with Crippen LogP contribution < -0.4 is 0 Å². The number of carbonyl (C=O) groups excluding carboxylic acids is 1. The minimum Gasteiger partial charge on any atom is -0.395 e. The molecule has 2 heteroatoms. The number of aliphatic hydroxyl groups excluding tert-OH is 1. The standard InChI is InChI=1S/C10H14O2/c1-2-3-7-8-4-5-9(12)10(7,8)6-11/h2-3,7-8,11H,4-6H2,1H3/b3-2+/t7-,8-,10+/m0/s1. The van der Waals surface area contributed by atoms with Gasteiger partial charge in [0.15, 0.2) is 0 Å². The number of rotatable bonds is 2. The first-order chi connectivity index (χ1) is 5.77. The van der Waals surface area contributed by atoms with Gasteiger partial charge in [-0.2, -0.15) is 0 Å². The molecule has 0 aromatic rings. The van der Waals surface area contributed by atoms with Crippen molar-refractivity contribution in [1.82, 2.24) is 0 Å². The molecule has 0 saturated heterocycles. The van der Waals surface area contributed by atoms with Crippen LogP contribution in [-0.2, 0) is 4.79 Å². The molecule has 0 spiro atoms. The van der Waals surface area contributed by atoms with Crippen LogP contribution in [0.15, 0.2) is 12.2 Å². The summed E-state index contributed by atoms with van der Waals surface area (Å²) in [5, 5.41) is 9.18. The molecule has 0 aromatic heterocycles. The second-order valence-corrected chi connectivity index (χ2v) is 3.82. The van der Waals surface area contributed by atoms with Crippen molar-refractivity contribution in [2.24, 2.45) is 17.3 Å². The lowest BCUT2D eigenvalue weighted by Gasteiger charge is -2.06. The van der Waals surface area contributed by atoms with Crippen molar-refractivity contribution in [1.29, 1.82) is 0 Å². The van der Waals surface area contributed by atoms with Crippen molar-refractivity contribution in [3.63, 3.8) is 0 Å². The smallest absolute Gasteiger partial charge is 0.142 e. The fourth-order valence-corrected chi connectivity index (χ4v) is 2.72. The topological polar surface area (TPSA) is 37.3 Å². The van der Waals surface area contributed by atoms with E-state index in [1.807, 2.05) is 13.0 Å². The fourth-order valence-electron chi connectivity index (χ4n) is 2.72. The molecule has 2 aliphatic rings. The summed E-state index contributed by atoms with van der Waals surface area (Å²) in [4.78, 5) is 11.5. The molecular weight excluding hydrogens is 152 g/mol. The van der Waals surface area contributed by atoms with E-state index in [-0.39, 0.29) is 17.8 Å². The molecule has 0 aromatic carbocycles. The Hall–Kier alpha value is -0.630. The van der Waals surface area contributed by atoms with Gasteiger partial charge in [-0.15, -0.1) is 0 Å². The van der Waals surface area contributed by atoms with Crippen LogP contribution in [0.2, 0.25) is 0 Å². The van der Waals surface area contributed by atoms with Crippen molar-refractivity contribution in [3.05, 3.63) is 12.2 Å². The van der Waals surface area contributed by atoms with Crippen LogP contribution in [0.1, 0.15) is 19.8 Å². The Kier molecular flexibility index (Phi) is 1.62. The Morgan fingerprint density at radius 3 is 3.00 bits per heavy atom. The van der Waals surface area contributed by atoms with Crippen molar-refractivity contribution in [3.8, 4) is 0 Å². The Bertz CT molecular complexity index is 244. The van der Waals surface area contributed by atoms with Gasteiger partial charge in [-0.05, 0) is 25.2 Å². The molecule has 0 heterocycles. The van der Waals surface area contributed by atoms with Gasteiger partial charge in [-0.3, -0.25) is 4.79 Å². The lowest BCUT2D eigenvalue weighted by molar-refractivity contribution is -0.124. The van der Waals surface area contributed by atoms with Gasteiger partial charge in [0.25, 0.3) is 0 Å². The maximum Gasteiger partial charge on any atom is 0.142 e. The highest BCUT2D eigenvalue weighted by atomic mass is 16.3. The van der Waals surface area contributed by atoms with E-state index in [1.165, 1.54) is 0 Å². The average molecular weight is 166 g/mol. The van der Waals surface area contributed by atoms with E-state index in [0.29, 0.717) is 18.3 Å². The third kappa shape index (κ3) is 0.712. The molecule has 0 aliphatic heterocycles. The number of fused-ring (bicyclic) bond motifs is 1. The van der Waals surface area contributed by atoms with Gasteiger partial charge in [0.1, 0.15) is 5.78 Å². The molecule has 2 nitrogen and oxygen atoms in total. The summed E-state index contributed by atoms with van der Waals surface area (Å²) in [5.41, 5.74) is -0.341. The average Bonchev–Trinajstić information content (AvgIpc) is 2.57. The minimum absolute atomic E-state index is 0.0471. The van der Waals surface area contributed by atoms with Crippen molar-refractivity contribution in [2.75, 3.05) is 6.61 Å². The van der Waals surface area contributed by atoms with Crippen molar-refractivity contribution >= 4 is 5.78 Å². The summed E-state index contributed by atoms with van der Waals surface area (Å²) in [5.74, 6) is 1.07. The van der Waals surface area contributed by atoms with E-state index in [0.717, 1.165) is 6.42 Å². The lowest BCUT2D eigenvalue weighted by atomic mass is 9.99. The van der Waals surface area contributed by atoms with Crippen LogP contribution in [0.5, 0.6) is 0 Å². The van der Waals surface area contributed by atoms with E-state index in [2.05, 4.69) is 6.08 Å². The van der Waals surface area contributed by atoms with Crippen LogP contribution in [0.3, 0.4) is 0 Å². The highest BCUT2D eigenvalue weighted by Gasteiger charge is 2.69. The van der Waals surface area contributed by atoms with Crippen molar-refractivity contribution in [2.45, 2.75) is 19.8 Å². The molecule has 2 fully saturated rings. The number of allylic oxidation sites excluding steroid dienone is 2. The fraction of sp³-hybridized carbons (Fsp3) is 0.700. The zero-order valence-corrected chi connectivity index (χ0v) is 7.29. The second-order valence-electron chi connectivity index (χ2n) is 3.82. The molecule has 2 rings (SSSR count). The summed E-state index contributed by atoms with van der Waals surface area (Å²) < 4.78 is 0. The van der Waals surface area contributed by atoms with Crippen LogP contribution in [0.4, 0.5) is 0 Å². The number of carbonyl (C=O) groups is 1. The zero-order chi connectivity index (χ0) is 8.77. The maximum atomic E-state index is 11.5. The lowest BCUT2D eigenvalue weighted by Crippen LogP contribution is -2.19. The molecule has 66 valence electrons. The Morgan fingerprint density at radius 1 is 1.75 bits per heavy atom. The molecular formula is C10H14O2. The van der Waals surface area contributed by atoms with Crippen molar-refractivity contribution < 1.29 is 9.90 Å². The van der Waals surface area contributed by atoms with E-state index < -0.39 is 0 Å². The summed E-state index contributed by atoms with van der Waals surface area (Å²) in [6, 6.07) is 0. The van der Waals surface area contributed by atoms with Gasteiger partial charge in [-0.25, -0.2) is 0 Å². The quantitative estimate of drug-likeness (QED) is 0.625. The summed E-state index contributed by atoms with van der Waals surface area (Å²) in [7, 11) is 0. The first kappa shape index (κ1) is 7.99. The van der Waals surface area contributed by atoms with E-state index in [9.17, 15) is 9.90 Å². The summed E-state index contributed by atoms with van der Waals surface area (Å²) in [6.45, 7) is 2.01. The number of aliphatic hydroxyl groups is 1. The number of ketones is 1. The van der Waals surface area contributed by atoms with Gasteiger partial charge in [-0.1, -0.05) is 12.2 Å². The van der Waals surface area contributed by atoms with E-state index >= 15 is 0 Å². The molecule has 0 bridgehead atoms. The number of hydrogen-bond donors (Lipinski definition) is 1. The molecule has 0 amide bonds. The number of Topliss-reactive ketones (excluding diaryl/α,β-unsaturated/α-hetero) is 1. The monoisotopic (exact) mass is 166 g/mol. The molecule has 0 radical (unpaired) electrons. The largest absolute Gasteiger partial charge is 0.395 e. The summed E-state index contributed by atoms with van der Waals surface area (Å²) in [6.07, 6.45) is 5.71. The predicted octanol–water partition coefficient (Wildman–Crippen LogP) is 1.15. The minimum atomic E-state index is -0.341. The van der Waals surface area contributed by atoms with Crippen LogP contribution in [-0.4, -0.2) is 17.5 Å². The van der Waals surface area contributed by atoms with E-state index in [1.54, 1.807) is 0 Å². The van der Waals surface area contributed by atoms with Crippen LogP contribution in [0.25, 0.3) is 0 Å². The van der Waals surface area contributed by atoms with Crippen LogP contribution >= 0.6 is 0 Å². The molecule has 2 aliphatic carbocycles. The van der Waals surface area contributed by atoms with Gasteiger partial charge in [0.05, 0.1) is 12.0 Å². The highest BCUT2D eigenvalue weighted by Crippen LogP contribution is 2.66. The predicted molar refractivity (Wildman–Crippen MR) is 45.6 cm³/mol. The molecule has 0 unspecified atom stereocenters. The highest BCUT2D eigenvalue weighted by molar-refractivity contribution is 5.92. The SMILES string of the molecule is C/C=C/[C@H]1[C@@H]2CCC(=O)[C@]12CO. The van der Waals surface area contributed by atoms with Gasteiger partial charge >= 0.3 is 0 Å². The normalized spacial score (nSPS) is 45.3. The third-order valence-electron chi connectivity index (χ3n) is 3.44. The Labute approximate surface area is 72.3 Å². The number of hydrogen-bond acceptors (Lipinski definition) is 2. The molecule has 1 N–H and O–H groups in total. The molecule has 12 heavy (non-hydrogen) atoms. The Morgan fingerprint density at radius 2 is 2.50 bits per heavy atom. The summed E-state index contributed by atoms with van der Waals surface area (Å²) >= 11 is 0. The first-order valence-corrected chi connectivity index (χ1v) is 4.54. The van der Waals surface area contributed by atoms with E-state index in [4.69, 9.17) is 0 Å².